The van der Waals surface area contributed by atoms with Crippen LogP contribution in [0.2, 0.25) is 0 Å². The summed E-state index contributed by atoms with van der Waals surface area (Å²) in [5.74, 6) is 1.23. The van der Waals surface area contributed by atoms with Crippen LogP contribution in [-0.4, -0.2) is 11.7 Å². The summed E-state index contributed by atoms with van der Waals surface area (Å²) >= 11 is 0. The molecule has 0 spiro atoms. The number of hydrogen-bond acceptors (Lipinski definition) is 1. The van der Waals surface area contributed by atoms with Crippen LogP contribution in [0, 0.1) is 5.92 Å². The summed E-state index contributed by atoms with van der Waals surface area (Å²) in [6.07, 6.45) is 13.1. The van der Waals surface area contributed by atoms with Crippen molar-refractivity contribution < 1.29 is 5.11 Å². The van der Waals surface area contributed by atoms with Gasteiger partial charge in [0, 0.05) is 6.61 Å². The first-order chi connectivity index (χ1) is 10.3. The average molecular weight is 288 g/mol. The van der Waals surface area contributed by atoms with Crippen molar-refractivity contribution in [1.29, 1.82) is 0 Å². The highest BCUT2D eigenvalue weighted by Gasteiger charge is 2.24. The van der Waals surface area contributed by atoms with E-state index in [0.29, 0.717) is 18.4 Å². The van der Waals surface area contributed by atoms with E-state index in [1.807, 2.05) is 0 Å². The van der Waals surface area contributed by atoms with Gasteiger partial charge in [0.1, 0.15) is 0 Å². The van der Waals surface area contributed by atoms with Crippen LogP contribution >= 0.6 is 0 Å². The van der Waals surface area contributed by atoms with Gasteiger partial charge in [0.2, 0.25) is 0 Å². The van der Waals surface area contributed by atoms with E-state index in [1.54, 1.807) is 0 Å². The van der Waals surface area contributed by atoms with E-state index in [1.165, 1.54) is 75.3 Å². The van der Waals surface area contributed by atoms with Crippen LogP contribution in [0.25, 0.3) is 0 Å². The van der Waals surface area contributed by atoms with Crippen molar-refractivity contribution in [2.45, 2.75) is 77.0 Å². The lowest BCUT2D eigenvalue weighted by molar-refractivity contribution is 0.229. The third kappa shape index (κ3) is 5.47. The minimum atomic E-state index is 0.368. The summed E-state index contributed by atoms with van der Waals surface area (Å²) in [5, 5.41) is 9.25. The van der Waals surface area contributed by atoms with Crippen LogP contribution < -0.4 is 0 Å². The van der Waals surface area contributed by atoms with Gasteiger partial charge in [0.15, 0.2) is 0 Å². The molecule has 0 unspecified atom stereocenters. The van der Waals surface area contributed by atoms with E-state index in [9.17, 15) is 5.11 Å². The van der Waals surface area contributed by atoms with Crippen molar-refractivity contribution in [3.8, 4) is 0 Å². The zero-order chi connectivity index (χ0) is 14.9. The van der Waals surface area contributed by atoms with Gasteiger partial charge < -0.3 is 5.11 Å². The molecule has 0 radical (unpaired) electrons. The third-order valence-corrected chi connectivity index (χ3v) is 5.07. The van der Waals surface area contributed by atoms with E-state index in [0.717, 1.165) is 0 Å². The molecule has 0 aliphatic heterocycles. The maximum absolute atomic E-state index is 9.25. The molecular weight excluding hydrogens is 256 g/mol. The molecule has 1 aromatic carbocycles. The van der Waals surface area contributed by atoms with E-state index in [2.05, 4.69) is 31.2 Å². The molecule has 21 heavy (non-hydrogen) atoms. The molecule has 0 amide bonds. The van der Waals surface area contributed by atoms with E-state index >= 15 is 0 Å². The molecule has 1 heteroatoms. The van der Waals surface area contributed by atoms with Crippen molar-refractivity contribution in [3.05, 3.63) is 35.4 Å². The van der Waals surface area contributed by atoms with Gasteiger partial charge in [-0.1, -0.05) is 63.3 Å². The van der Waals surface area contributed by atoms with Crippen molar-refractivity contribution in [2.75, 3.05) is 6.61 Å². The van der Waals surface area contributed by atoms with Crippen molar-refractivity contribution in [3.63, 3.8) is 0 Å². The normalized spacial score (nSPS) is 21.8. The third-order valence-electron chi connectivity index (χ3n) is 5.07. The lowest BCUT2D eigenvalue weighted by Gasteiger charge is -2.11. The van der Waals surface area contributed by atoms with Crippen LogP contribution in [0.1, 0.15) is 81.8 Å². The van der Waals surface area contributed by atoms with E-state index < -0.39 is 0 Å². The van der Waals surface area contributed by atoms with Gasteiger partial charge in [-0.05, 0) is 55.1 Å². The number of aliphatic hydroxyl groups excluding tert-OH is 1. The zero-order valence-electron chi connectivity index (χ0n) is 13.7. The van der Waals surface area contributed by atoms with Crippen LogP contribution in [0.15, 0.2) is 24.3 Å². The second-order valence-corrected chi connectivity index (χ2v) is 6.82. The second-order valence-electron chi connectivity index (χ2n) is 6.82. The molecular formula is C20H32O. The first-order valence-corrected chi connectivity index (χ1v) is 9.03. The highest BCUT2D eigenvalue weighted by molar-refractivity contribution is 5.26. The predicted molar refractivity (Wildman–Crippen MR) is 90.7 cm³/mol. The topological polar surface area (TPSA) is 20.2 Å². The van der Waals surface area contributed by atoms with Crippen LogP contribution in [-0.2, 0) is 6.42 Å². The lowest BCUT2D eigenvalue weighted by Crippen LogP contribution is -2.00. The fourth-order valence-electron chi connectivity index (χ4n) is 3.61. The van der Waals surface area contributed by atoms with Gasteiger partial charge in [0.05, 0.1) is 0 Å². The number of aryl methyl sites for hydroxylation is 1. The second kappa shape index (κ2) is 9.25. The minimum Gasteiger partial charge on any atom is -0.396 e. The fraction of sp³-hybridized carbons (Fsp3) is 0.700. The van der Waals surface area contributed by atoms with Gasteiger partial charge >= 0.3 is 0 Å². The van der Waals surface area contributed by atoms with Crippen molar-refractivity contribution in [2.24, 2.45) is 5.92 Å². The van der Waals surface area contributed by atoms with Crippen LogP contribution in [0.5, 0.6) is 0 Å². The molecule has 0 heterocycles. The average Bonchev–Trinajstić information content (AvgIpc) is 3.00. The van der Waals surface area contributed by atoms with Gasteiger partial charge in [-0.25, -0.2) is 0 Å². The Bertz CT molecular complexity index is 381. The Hall–Kier alpha value is -0.820. The highest BCUT2D eigenvalue weighted by Crippen LogP contribution is 2.37. The van der Waals surface area contributed by atoms with Gasteiger partial charge in [-0.15, -0.1) is 0 Å². The SMILES string of the molecule is CCCCCCCCc1ccc([C@@H]2CC[C@H](CO)C2)cc1. The Labute approximate surface area is 130 Å². The molecule has 0 bridgehead atoms. The summed E-state index contributed by atoms with van der Waals surface area (Å²) in [7, 11) is 0. The smallest absolute Gasteiger partial charge is 0.0459 e. The fourth-order valence-corrected chi connectivity index (χ4v) is 3.61. The molecule has 1 N–H and O–H groups in total. The minimum absolute atomic E-state index is 0.368. The van der Waals surface area contributed by atoms with E-state index in [4.69, 9.17) is 0 Å². The largest absolute Gasteiger partial charge is 0.396 e. The Balaban J connectivity index is 1.70. The molecule has 0 aromatic heterocycles. The summed E-state index contributed by atoms with van der Waals surface area (Å²) in [5.41, 5.74) is 2.98. The summed E-state index contributed by atoms with van der Waals surface area (Å²) in [4.78, 5) is 0. The molecule has 2 atom stereocenters. The summed E-state index contributed by atoms with van der Waals surface area (Å²) < 4.78 is 0. The molecule has 2 rings (SSSR count). The Morgan fingerprint density at radius 1 is 0.952 bits per heavy atom. The predicted octanol–water partition coefficient (Wildman–Crippen LogP) is 5.47. The van der Waals surface area contributed by atoms with Gasteiger partial charge in [-0.3, -0.25) is 0 Å². The quantitative estimate of drug-likeness (QED) is 0.598. The van der Waals surface area contributed by atoms with E-state index in [-0.39, 0.29) is 0 Å². The number of hydrogen-bond donors (Lipinski definition) is 1. The van der Waals surface area contributed by atoms with Crippen LogP contribution in [0.3, 0.4) is 0 Å². The van der Waals surface area contributed by atoms with Gasteiger partial charge in [-0.2, -0.15) is 0 Å². The summed E-state index contributed by atoms with van der Waals surface area (Å²) in [6.45, 7) is 2.64. The van der Waals surface area contributed by atoms with Crippen LogP contribution in [0.4, 0.5) is 0 Å². The maximum atomic E-state index is 9.25. The Morgan fingerprint density at radius 3 is 2.33 bits per heavy atom. The lowest BCUT2D eigenvalue weighted by atomic mass is 9.94. The maximum Gasteiger partial charge on any atom is 0.0459 e. The van der Waals surface area contributed by atoms with Gasteiger partial charge in [0.25, 0.3) is 0 Å². The molecule has 0 saturated heterocycles. The summed E-state index contributed by atoms with van der Waals surface area (Å²) in [6, 6.07) is 9.31. The molecule has 1 nitrogen and oxygen atoms in total. The number of benzene rings is 1. The monoisotopic (exact) mass is 288 g/mol. The number of aliphatic hydroxyl groups is 1. The Kier molecular flexibility index (Phi) is 7.29. The molecule has 118 valence electrons. The first kappa shape index (κ1) is 16.5. The number of unbranched alkanes of at least 4 members (excludes halogenated alkanes) is 5. The first-order valence-electron chi connectivity index (χ1n) is 9.03. The highest BCUT2D eigenvalue weighted by atomic mass is 16.3. The molecule has 1 fully saturated rings. The molecule has 1 aliphatic rings. The standard InChI is InChI=1S/C20H32O/c1-2-3-4-5-6-7-8-17-9-12-19(13-10-17)20-14-11-18(15-20)16-21/h9-10,12-13,18,20-21H,2-8,11,14-16H2,1H3/t18-,20+/m0/s1. The molecule has 1 saturated carbocycles. The number of rotatable bonds is 9. The van der Waals surface area contributed by atoms with Crippen molar-refractivity contribution >= 4 is 0 Å². The zero-order valence-corrected chi connectivity index (χ0v) is 13.7. The van der Waals surface area contributed by atoms with Crippen molar-refractivity contribution in [1.82, 2.24) is 0 Å². The Morgan fingerprint density at radius 2 is 1.67 bits per heavy atom. The molecule has 1 aromatic rings. The molecule has 1 aliphatic carbocycles.